The van der Waals surface area contributed by atoms with Gasteiger partial charge in [0.2, 0.25) is 11.8 Å². The second-order valence-electron chi connectivity index (χ2n) is 10.2. The van der Waals surface area contributed by atoms with Crippen LogP contribution in [0.2, 0.25) is 0 Å². The average Bonchev–Trinajstić information content (AvgIpc) is 3.37. The summed E-state index contributed by atoms with van der Waals surface area (Å²) in [6.45, 7) is 10.7. The molecule has 3 amide bonds. The lowest BCUT2D eigenvalue weighted by Crippen LogP contribution is -2.51. The van der Waals surface area contributed by atoms with Crippen LogP contribution in [0, 0.1) is 29.6 Å². The van der Waals surface area contributed by atoms with Gasteiger partial charge >= 0.3 is 6.09 Å². The van der Waals surface area contributed by atoms with E-state index in [1.165, 1.54) is 4.90 Å². The molecule has 9 nitrogen and oxygen atoms in total. The standard InChI is InChI=1S/C23H37N5O4.HI/c1-13(2)16(27-22(31)32-23(3,4)5)12-26-21(24-6)25-9-10-28-19(29)17-14-7-8-15(11-14)18(17)20(28)30;/h7-8,13-18H,9-12H2,1-6H3,(H,27,31)(H2,24,25,26);1H. The zero-order valence-electron chi connectivity index (χ0n) is 20.4. The van der Waals surface area contributed by atoms with Crippen LogP contribution >= 0.6 is 24.0 Å². The molecule has 3 rings (SSSR count). The van der Waals surface area contributed by atoms with Crippen molar-refractivity contribution in [3.8, 4) is 0 Å². The first kappa shape index (κ1) is 27.4. The number of rotatable bonds is 7. The summed E-state index contributed by atoms with van der Waals surface area (Å²) in [7, 11) is 1.65. The van der Waals surface area contributed by atoms with Gasteiger partial charge in [-0.05, 0) is 44.9 Å². The van der Waals surface area contributed by atoms with E-state index in [1.54, 1.807) is 7.05 Å². The van der Waals surface area contributed by atoms with Crippen molar-refractivity contribution in [3.63, 3.8) is 0 Å². The molecule has 0 aromatic rings. The molecule has 2 fully saturated rings. The monoisotopic (exact) mass is 575 g/mol. The molecule has 0 aromatic heterocycles. The van der Waals surface area contributed by atoms with Crippen LogP contribution in [0.4, 0.5) is 4.79 Å². The number of hydrogen-bond acceptors (Lipinski definition) is 5. The van der Waals surface area contributed by atoms with Crippen LogP contribution in [0.1, 0.15) is 41.0 Å². The summed E-state index contributed by atoms with van der Waals surface area (Å²) in [5, 5.41) is 9.25. The molecule has 2 bridgehead atoms. The number of fused-ring (bicyclic) bond motifs is 5. The number of imide groups is 1. The molecule has 2 aliphatic carbocycles. The van der Waals surface area contributed by atoms with E-state index in [-0.39, 0.29) is 71.4 Å². The predicted molar refractivity (Wildman–Crippen MR) is 137 cm³/mol. The van der Waals surface area contributed by atoms with Gasteiger partial charge in [-0.3, -0.25) is 19.5 Å². The third-order valence-electron chi connectivity index (χ3n) is 6.41. The number of aliphatic imine (C=N–C) groups is 1. The minimum absolute atomic E-state index is 0. The van der Waals surface area contributed by atoms with Gasteiger partial charge in [0, 0.05) is 26.7 Å². The van der Waals surface area contributed by atoms with Gasteiger partial charge in [-0.2, -0.15) is 0 Å². The summed E-state index contributed by atoms with van der Waals surface area (Å²) in [6.07, 6.45) is 4.67. The number of allylic oxidation sites excluding steroid dienone is 2. The molecule has 5 unspecified atom stereocenters. The first-order chi connectivity index (χ1) is 15.0. The van der Waals surface area contributed by atoms with Crippen molar-refractivity contribution in [2.75, 3.05) is 26.7 Å². The van der Waals surface area contributed by atoms with Crippen molar-refractivity contribution in [1.29, 1.82) is 0 Å². The maximum atomic E-state index is 12.8. The van der Waals surface area contributed by atoms with Crippen LogP contribution in [0.3, 0.4) is 0 Å². The second kappa shape index (κ2) is 11.1. The Morgan fingerprint density at radius 2 is 1.73 bits per heavy atom. The normalized spacial score (nSPS) is 26.9. The van der Waals surface area contributed by atoms with Crippen LogP contribution in [0.25, 0.3) is 0 Å². The third-order valence-corrected chi connectivity index (χ3v) is 6.41. The first-order valence-corrected chi connectivity index (χ1v) is 11.5. The van der Waals surface area contributed by atoms with E-state index >= 15 is 0 Å². The van der Waals surface area contributed by atoms with Crippen molar-refractivity contribution in [2.24, 2.45) is 34.6 Å². The van der Waals surface area contributed by atoms with E-state index in [4.69, 9.17) is 4.74 Å². The van der Waals surface area contributed by atoms with Gasteiger partial charge in [-0.25, -0.2) is 4.79 Å². The molecule has 1 heterocycles. The van der Waals surface area contributed by atoms with Crippen LogP contribution in [-0.4, -0.2) is 67.1 Å². The number of amides is 3. The molecule has 1 aliphatic heterocycles. The fourth-order valence-electron chi connectivity index (χ4n) is 4.81. The van der Waals surface area contributed by atoms with E-state index in [1.807, 2.05) is 34.6 Å². The van der Waals surface area contributed by atoms with E-state index in [0.29, 0.717) is 25.6 Å². The summed E-state index contributed by atoms with van der Waals surface area (Å²) in [4.78, 5) is 43.3. The minimum Gasteiger partial charge on any atom is -0.444 e. The maximum absolute atomic E-state index is 12.8. The number of likely N-dealkylation sites (tertiary alicyclic amines) is 1. The largest absolute Gasteiger partial charge is 0.444 e. The second-order valence-corrected chi connectivity index (χ2v) is 10.2. The number of ether oxygens (including phenoxy) is 1. The molecule has 0 aromatic carbocycles. The Morgan fingerprint density at radius 1 is 1.15 bits per heavy atom. The van der Waals surface area contributed by atoms with Gasteiger partial charge in [-0.15, -0.1) is 24.0 Å². The maximum Gasteiger partial charge on any atom is 0.407 e. The zero-order chi connectivity index (χ0) is 23.6. The van der Waals surface area contributed by atoms with Crippen molar-refractivity contribution < 1.29 is 19.1 Å². The lowest BCUT2D eigenvalue weighted by Gasteiger charge is -2.26. The van der Waals surface area contributed by atoms with Crippen LogP contribution in [0.5, 0.6) is 0 Å². The summed E-state index contributed by atoms with van der Waals surface area (Å²) in [5.74, 6) is 0.755. The average molecular weight is 575 g/mol. The Labute approximate surface area is 213 Å². The zero-order valence-corrected chi connectivity index (χ0v) is 22.7. The Morgan fingerprint density at radius 3 is 2.21 bits per heavy atom. The molecule has 3 N–H and O–H groups in total. The molecule has 3 aliphatic rings. The highest BCUT2D eigenvalue weighted by atomic mass is 127. The van der Waals surface area contributed by atoms with Gasteiger partial charge in [-0.1, -0.05) is 26.0 Å². The summed E-state index contributed by atoms with van der Waals surface area (Å²) in [5.41, 5.74) is -0.560. The smallest absolute Gasteiger partial charge is 0.407 e. The van der Waals surface area contributed by atoms with E-state index in [0.717, 1.165) is 6.42 Å². The Hall–Kier alpha value is -1.85. The van der Waals surface area contributed by atoms with Crippen molar-refractivity contribution >= 4 is 47.8 Å². The SMILES string of the molecule is CN=C(NCCN1C(=O)C2C3C=CC(C3)C2C1=O)NCC(NC(=O)OC(C)(C)C)C(C)C.I. The Bertz CT molecular complexity index is 777. The first-order valence-electron chi connectivity index (χ1n) is 11.5. The summed E-state index contributed by atoms with van der Waals surface area (Å²) < 4.78 is 5.35. The van der Waals surface area contributed by atoms with Crippen molar-refractivity contribution in [2.45, 2.75) is 52.7 Å². The molecule has 33 heavy (non-hydrogen) atoms. The fraction of sp³-hybridized carbons (Fsp3) is 0.739. The molecular weight excluding hydrogens is 537 g/mol. The van der Waals surface area contributed by atoms with Crippen molar-refractivity contribution in [1.82, 2.24) is 20.9 Å². The fourth-order valence-corrected chi connectivity index (χ4v) is 4.81. The molecule has 0 radical (unpaired) electrons. The topological polar surface area (TPSA) is 112 Å². The van der Waals surface area contributed by atoms with Crippen LogP contribution in [-0.2, 0) is 14.3 Å². The highest BCUT2D eigenvalue weighted by Gasteiger charge is 2.58. The number of nitrogens with zero attached hydrogens (tertiary/aromatic N) is 2. The van der Waals surface area contributed by atoms with E-state index in [9.17, 15) is 14.4 Å². The van der Waals surface area contributed by atoms with Gasteiger partial charge in [0.15, 0.2) is 5.96 Å². The minimum atomic E-state index is -0.560. The Balaban J connectivity index is 0.00000385. The van der Waals surface area contributed by atoms with Crippen LogP contribution < -0.4 is 16.0 Å². The molecule has 186 valence electrons. The van der Waals surface area contributed by atoms with Gasteiger partial charge in [0.05, 0.1) is 17.9 Å². The van der Waals surface area contributed by atoms with Crippen LogP contribution in [0.15, 0.2) is 17.1 Å². The molecule has 0 spiro atoms. The van der Waals surface area contributed by atoms with E-state index < -0.39 is 11.7 Å². The van der Waals surface area contributed by atoms with Gasteiger partial charge in [0.25, 0.3) is 0 Å². The van der Waals surface area contributed by atoms with Gasteiger partial charge < -0.3 is 20.7 Å². The predicted octanol–water partition coefficient (Wildman–Crippen LogP) is 2.13. The van der Waals surface area contributed by atoms with Crippen molar-refractivity contribution in [3.05, 3.63) is 12.2 Å². The molecule has 1 saturated heterocycles. The Kier molecular flexibility index (Phi) is 9.17. The molecule has 10 heteroatoms. The number of carbonyl (C=O) groups excluding carboxylic acids is 3. The highest BCUT2D eigenvalue weighted by molar-refractivity contribution is 14.0. The summed E-state index contributed by atoms with van der Waals surface area (Å²) in [6, 6.07) is -0.160. The quantitative estimate of drug-likeness (QED) is 0.141. The number of guanidine groups is 1. The highest BCUT2D eigenvalue weighted by Crippen LogP contribution is 2.52. The molecule has 1 saturated carbocycles. The number of nitrogens with one attached hydrogen (secondary N) is 3. The molecule has 5 atom stereocenters. The van der Waals surface area contributed by atoms with E-state index in [2.05, 4.69) is 33.1 Å². The number of carbonyl (C=O) groups is 3. The number of alkyl carbamates (subject to hydrolysis) is 1. The number of hydrogen-bond donors (Lipinski definition) is 3. The lowest BCUT2D eigenvalue weighted by atomic mass is 9.85. The third kappa shape index (κ3) is 6.39. The lowest BCUT2D eigenvalue weighted by molar-refractivity contribution is -0.140. The van der Waals surface area contributed by atoms with Gasteiger partial charge in [0.1, 0.15) is 5.60 Å². The molecular formula is C23H38IN5O4. The summed E-state index contributed by atoms with van der Waals surface area (Å²) >= 11 is 0. The number of halogens is 1.